The fourth-order valence-corrected chi connectivity index (χ4v) is 3.03. The SMILES string of the molecule is CCC1CCCN(CC2(C)COCC2N)C1. The van der Waals surface area contributed by atoms with Gasteiger partial charge in [0, 0.05) is 24.5 Å². The Balaban J connectivity index is 1.88. The van der Waals surface area contributed by atoms with E-state index in [1.165, 1.54) is 32.4 Å². The summed E-state index contributed by atoms with van der Waals surface area (Å²) in [6.07, 6.45) is 4.08. The summed E-state index contributed by atoms with van der Waals surface area (Å²) >= 11 is 0. The molecule has 3 atom stereocenters. The fraction of sp³-hybridized carbons (Fsp3) is 1.00. The van der Waals surface area contributed by atoms with Crippen molar-refractivity contribution in [2.75, 3.05) is 32.8 Å². The van der Waals surface area contributed by atoms with E-state index in [2.05, 4.69) is 18.7 Å². The summed E-state index contributed by atoms with van der Waals surface area (Å²) < 4.78 is 5.52. The van der Waals surface area contributed by atoms with Gasteiger partial charge >= 0.3 is 0 Å². The van der Waals surface area contributed by atoms with E-state index in [0.29, 0.717) is 0 Å². The maximum Gasteiger partial charge on any atom is 0.0624 e. The Labute approximate surface area is 99.3 Å². The number of ether oxygens (including phenoxy) is 1. The lowest BCUT2D eigenvalue weighted by Crippen LogP contribution is -2.49. The minimum Gasteiger partial charge on any atom is -0.379 e. The van der Waals surface area contributed by atoms with Crippen molar-refractivity contribution >= 4 is 0 Å². The van der Waals surface area contributed by atoms with Crippen LogP contribution in [0.1, 0.15) is 33.1 Å². The van der Waals surface area contributed by atoms with Gasteiger partial charge in [0.05, 0.1) is 13.2 Å². The molecule has 0 aromatic heterocycles. The normalized spacial score (nSPS) is 41.4. The quantitative estimate of drug-likeness (QED) is 0.792. The lowest BCUT2D eigenvalue weighted by molar-refractivity contribution is 0.0891. The van der Waals surface area contributed by atoms with Crippen molar-refractivity contribution < 1.29 is 4.74 Å². The van der Waals surface area contributed by atoms with Crippen LogP contribution in [0, 0.1) is 11.3 Å². The van der Waals surface area contributed by atoms with Crippen LogP contribution in [0.25, 0.3) is 0 Å². The predicted octanol–water partition coefficient (Wildman–Crippen LogP) is 1.47. The molecule has 3 unspecified atom stereocenters. The molecule has 0 radical (unpaired) electrons. The van der Waals surface area contributed by atoms with Crippen LogP contribution in [0.4, 0.5) is 0 Å². The molecule has 3 heteroatoms. The molecule has 2 saturated heterocycles. The van der Waals surface area contributed by atoms with E-state index < -0.39 is 0 Å². The van der Waals surface area contributed by atoms with E-state index in [-0.39, 0.29) is 11.5 Å². The van der Waals surface area contributed by atoms with Crippen LogP contribution >= 0.6 is 0 Å². The van der Waals surface area contributed by atoms with Crippen molar-refractivity contribution in [1.82, 2.24) is 4.90 Å². The van der Waals surface area contributed by atoms with Crippen LogP contribution in [0.15, 0.2) is 0 Å². The maximum absolute atomic E-state index is 6.15. The minimum atomic E-state index is 0.176. The third kappa shape index (κ3) is 2.58. The van der Waals surface area contributed by atoms with Gasteiger partial charge < -0.3 is 15.4 Å². The van der Waals surface area contributed by atoms with Gasteiger partial charge in [0.15, 0.2) is 0 Å². The fourth-order valence-electron chi connectivity index (χ4n) is 3.03. The largest absolute Gasteiger partial charge is 0.379 e. The first kappa shape index (κ1) is 12.3. The van der Waals surface area contributed by atoms with E-state index in [4.69, 9.17) is 10.5 Å². The Morgan fingerprint density at radius 1 is 1.50 bits per heavy atom. The van der Waals surface area contributed by atoms with Crippen molar-refractivity contribution in [3.63, 3.8) is 0 Å². The average Bonchev–Trinajstić information content (AvgIpc) is 2.59. The van der Waals surface area contributed by atoms with Gasteiger partial charge in [-0.05, 0) is 25.3 Å². The molecule has 16 heavy (non-hydrogen) atoms. The second-order valence-electron chi connectivity index (χ2n) is 5.93. The summed E-state index contributed by atoms with van der Waals surface area (Å²) in [7, 11) is 0. The van der Waals surface area contributed by atoms with Crippen LogP contribution in [0.2, 0.25) is 0 Å². The molecule has 2 fully saturated rings. The highest BCUT2D eigenvalue weighted by atomic mass is 16.5. The minimum absolute atomic E-state index is 0.176. The van der Waals surface area contributed by atoms with Gasteiger partial charge in [0.1, 0.15) is 0 Å². The number of nitrogens with zero attached hydrogens (tertiary/aromatic N) is 1. The van der Waals surface area contributed by atoms with Crippen molar-refractivity contribution in [3.05, 3.63) is 0 Å². The first-order chi connectivity index (χ1) is 7.64. The van der Waals surface area contributed by atoms with Crippen LogP contribution in [0.3, 0.4) is 0 Å². The van der Waals surface area contributed by atoms with E-state index >= 15 is 0 Å². The van der Waals surface area contributed by atoms with Gasteiger partial charge in [-0.25, -0.2) is 0 Å². The molecule has 2 heterocycles. The zero-order valence-corrected chi connectivity index (χ0v) is 10.7. The lowest BCUT2D eigenvalue weighted by Gasteiger charge is -2.38. The van der Waals surface area contributed by atoms with E-state index in [1.807, 2.05) is 0 Å². The number of hydrogen-bond acceptors (Lipinski definition) is 3. The van der Waals surface area contributed by atoms with Crippen LogP contribution in [-0.4, -0.2) is 43.8 Å². The van der Waals surface area contributed by atoms with Crippen molar-refractivity contribution in [1.29, 1.82) is 0 Å². The summed E-state index contributed by atoms with van der Waals surface area (Å²) in [6, 6.07) is 0.217. The Morgan fingerprint density at radius 2 is 2.31 bits per heavy atom. The molecule has 0 aromatic carbocycles. The smallest absolute Gasteiger partial charge is 0.0624 e. The Bertz CT molecular complexity index is 234. The van der Waals surface area contributed by atoms with Crippen LogP contribution < -0.4 is 5.73 Å². The van der Waals surface area contributed by atoms with Gasteiger partial charge in [-0.3, -0.25) is 0 Å². The number of rotatable bonds is 3. The van der Waals surface area contributed by atoms with Gasteiger partial charge in [-0.1, -0.05) is 20.3 Å². The Kier molecular flexibility index (Phi) is 3.88. The molecule has 0 saturated carbocycles. The zero-order chi connectivity index (χ0) is 11.6. The number of hydrogen-bond donors (Lipinski definition) is 1. The first-order valence-electron chi connectivity index (χ1n) is 6.70. The standard InChI is InChI=1S/C13H26N2O/c1-3-11-5-4-6-15(7-11)9-13(2)10-16-8-12(13)14/h11-12H,3-10,14H2,1-2H3. The summed E-state index contributed by atoms with van der Waals surface area (Å²) in [5.41, 5.74) is 6.32. The molecule has 2 aliphatic rings. The topological polar surface area (TPSA) is 38.5 Å². The molecule has 2 N–H and O–H groups in total. The Hall–Kier alpha value is -0.120. The number of nitrogens with two attached hydrogens (primary N) is 1. The number of likely N-dealkylation sites (tertiary alicyclic amines) is 1. The zero-order valence-electron chi connectivity index (χ0n) is 10.7. The molecule has 0 bridgehead atoms. The molecular formula is C13H26N2O. The maximum atomic E-state index is 6.15. The van der Waals surface area contributed by atoms with Gasteiger partial charge in [0.25, 0.3) is 0 Å². The highest BCUT2D eigenvalue weighted by Crippen LogP contribution is 2.30. The summed E-state index contributed by atoms with van der Waals surface area (Å²) in [5.74, 6) is 0.899. The van der Waals surface area contributed by atoms with Gasteiger partial charge in [0.2, 0.25) is 0 Å². The molecule has 0 aliphatic carbocycles. The predicted molar refractivity (Wildman–Crippen MR) is 66.4 cm³/mol. The molecule has 0 aromatic rings. The van der Waals surface area contributed by atoms with Crippen molar-refractivity contribution in [3.8, 4) is 0 Å². The molecule has 94 valence electrons. The summed E-state index contributed by atoms with van der Waals surface area (Å²) in [5, 5.41) is 0. The highest BCUT2D eigenvalue weighted by Gasteiger charge is 2.39. The van der Waals surface area contributed by atoms with Crippen LogP contribution in [-0.2, 0) is 4.74 Å². The Morgan fingerprint density at radius 3 is 2.94 bits per heavy atom. The molecule has 2 aliphatic heterocycles. The van der Waals surface area contributed by atoms with E-state index in [9.17, 15) is 0 Å². The molecular weight excluding hydrogens is 200 g/mol. The van der Waals surface area contributed by atoms with Crippen molar-refractivity contribution in [2.24, 2.45) is 17.1 Å². The highest BCUT2D eigenvalue weighted by molar-refractivity contribution is 4.93. The number of piperidine rings is 1. The van der Waals surface area contributed by atoms with E-state index in [1.54, 1.807) is 0 Å². The molecule has 3 nitrogen and oxygen atoms in total. The van der Waals surface area contributed by atoms with E-state index in [0.717, 1.165) is 25.7 Å². The lowest BCUT2D eigenvalue weighted by atomic mass is 9.84. The summed E-state index contributed by atoms with van der Waals surface area (Å²) in [4.78, 5) is 2.60. The third-order valence-electron chi connectivity index (χ3n) is 4.39. The second-order valence-corrected chi connectivity index (χ2v) is 5.93. The molecule has 2 rings (SSSR count). The average molecular weight is 226 g/mol. The third-order valence-corrected chi connectivity index (χ3v) is 4.39. The van der Waals surface area contributed by atoms with Crippen molar-refractivity contribution in [2.45, 2.75) is 39.2 Å². The van der Waals surface area contributed by atoms with Gasteiger partial charge in [-0.15, -0.1) is 0 Å². The van der Waals surface area contributed by atoms with Crippen LogP contribution in [0.5, 0.6) is 0 Å². The van der Waals surface area contributed by atoms with Gasteiger partial charge in [-0.2, -0.15) is 0 Å². The first-order valence-corrected chi connectivity index (χ1v) is 6.70. The molecule has 0 amide bonds. The summed E-state index contributed by atoms with van der Waals surface area (Å²) in [6.45, 7) is 9.78. The second kappa shape index (κ2) is 5.03. The molecule has 0 spiro atoms. The monoisotopic (exact) mass is 226 g/mol.